The SMILES string of the molecule is CCOC(=O)Nc1cncc(NC(=O)OCC)c1. The van der Waals surface area contributed by atoms with Crippen molar-refractivity contribution < 1.29 is 19.1 Å². The number of aromatic nitrogens is 1. The molecule has 2 N–H and O–H groups in total. The molecular weight excluding hydrogens is 238 g/mol. The van der Waals surface area contributed by atoms with Gasteiger partial charge in [-0.05, 0) is 19.9 Å². The predicted octanol–water partition coefficient (Wildman–Crippen LogP) is 2.22. The van der Waals surface area contributed by atoms with Crippen LogP contribution in [0.15, 0.2) is 18.5 Å². The Morgan fingerprint density at radius 1 is 1.06 bits per heavy atom. The first-order valence-electron chi connectivity index (χ1n) is 5.48. The molecule has 0 bridgehead atoms. The van der Waals surface area contributed by atoms with Crippen molar-refractivity contribution in [2.24, 2.45) is 0 Å². The first kappa shape index (κ1) is 13.8. The molecule has 0 unspecified atom stereocenters. The van der Waals surface area contributed by atoms with Gasteiger partial charge in [0.15, 0.2) is 0 Å². The van der Waals surface area contributed by atoms with Gasteiger partial charge in [-0.3, -0.25) is 15.6 Å². The third kappa shape index (κ3) is 4.69. The second-order valence-corrected chi connectivity index (χ2v) is 3.15. The van der Waals surface area contributed by atoms with Gasteiger partial charge in [0.1, 0.15) is 0 Å². The molecule has 0 fully saturated rings. The normalized spacial score (nSPS) is 9.44. The van der Waals surface area contributed by atoms with Crippen LogP contribution in [0.3, 0.4) is 0 Å². The van der Waals surface area contributed by atoms with E-state index < -0.39 is 12.2 Å². The largest absolute Gasteiger partial charge is 0.450 e. The van der Waals surface area contributed by atoms with E-state index in [4.69, 9.17) is 9.47 Å². The maximum Gasteiger partial charge on any atom is 0.411 e. The number of carbonyl (C=O) groups excluding carboxylic acids is 2. The lowest BCUT2D eigenvalue weighted by atomic mass is 10.4. The number of ether oxygens (including phenoxy) is 2. The minimum atomic E-state index is -0.576. The highest BCUT2D eigenvalue weighted by atomic mass is 16.6. The van der Waals surface area contributed by atoms with Crippen LogP contribution in [0.4, 0.5) is 21.0 Å². The minimum Gasteiger partial charge on any atom is -0.450 e. The van der Waals surface area contributed by atoms with Crippen molar-refractivity contribution in [3.05, 3.63) is 18.5 Å². The predicted molar refractivity (Wildman–Crippen MR) is 65.5 cm³/mol. The summed E-state index contributed by atoms with van der Waals surface area (Å²) in [5, 5.41) is 4.95. The van der Waals surface area contributed by atoms with Crippen molar-refractivity contribution >= 4 is 23.6 Å². The summed E-state index contributed by atoms with van der Waals surface area (Å²) in [4.78, 5) is 26.2. The van der Waals surface area contributed by atoms with Crippen molar-refractivity contribution in [1.29, 1.82) is 0 Å². The van der Waals surface area contributed by atoms with E-state index in [9.17, 15) is 9.59 Å². The van der Waals surface area contributed by atoms with Gasteiger partial charge in [0.25, 0.3) is 0 Å². The molecule has 1 rings (SSSR count). The monoisotopic (exact) mass is 253 g/mol. The fourth-order valence-electron chi connectivity index (χ4n) is 1.15. The number of nitrogens with one attached hydrogen (secondary N) is 2. The van der Waals surface area contributed by atoms with Crippen LogP contribution in [0.2, 0.25) is 0 Å². The van der Waals surface area contributed by atoms with Gasteiger partial charge < -0.3 is 9.47 Å². The van der Waals surface area contributed by atoms with Crippen LogP contribution in [-0.2, 0) is 9.47 Å². The maximum atomic E-state index is 11.2. The molecule has 0 saturated heterocycles. The molecule has 0 saturated carbocycles. The second kappa shape index (κ2) is 7.10. The number of hydrogen-bond donors (Lipinski definition) is 2. The number of carbonyl (C=O) groups is 2. The number of amides is 2. The van der Waals surface area contributed by atoms with E-state index in [1.807, 2.05) is 0 Å². The van der Waals surface area contributed by atoms with Gasteiger partial charge >= 0.3 is 12.2 Å². The van der Waals surface area contributed by atoms with Crippen LogP contribution in [0.1, 0.15) is 13.8 Å². The summed E-state index contributed by atoms with van der Waals surface area (Å²) < 4.78 is 9.43. The first-order valence-corrected chi connectivity index (χ1v) is 5.48. The highest BCUT2D eigenvalue weighted by Gasteiger charge is 2.05. The molecule has 0 radical (unpaired) electrons. The second-order valence-electron chi connectivity index (χ2n) is 3.15. The first-order chi connectivity index (χ1) is 8.65. The summed E-state index contributed by atoms with van der Waals surface area (Å²) >= 11 is 0. The number of anilines is 2. The lowest BCUT2D eigenvalue weighted by Crippen LogP contribution is -2.15. The van der Waals surface area contributed by atoms with Gasteiger partial charge in [-0.1, -0.05) is 0 Å². The van der Waals surface area contributed by atoms with E-state index >= 15 is 0 Å². The molecule has 7 heteroatoms. The van der Waals surface area contributed by atoms with Gasteiger partial charge in [-0.2, -0.15) is 0 Å². The lowest BCUT2D eigenvalue weighted by Gasteiger charge is -2.07. The molecule has 0 atom stereocenters. The fraction of sp³-hybridized carbons (Fsp3) is 0.364. The smallest absolute Gasteiger partial charge is 0.411 e. The average Bonchev–Trinajstić information content (AvgIpc) is 2.29. The Bertz CT molecular complexity index is 387. The average molecular weight is 253 g/mol. The Hall–Kier alpha value is -2.31. The summed E-state index contributed by atoms with van der Waals surface area (Å²) in [6.07, 6.45) is 1.72. The minimum absolute atomic E-state index is 0.278. The van der Waals surface area contributed by atoms with Gasteiger partial charge in [0.2, 0.25) is 0 Å². The number of nitrogens with zero attached hydrogens (tertiary/aromatic N) is 1. The fourth-order valence-corrected chi connectivity index (χ4v) is 1.15. The Morgan fingerprint density at radius 3 is 1.89 bits per heavy atom. The van der Waals surface area contributed by atoms with Crippen molar-refractivity contribution in [2.45, 2.75) is 13.8 Å². The van der Waals surface area contributed by atoms with E-state index in [0.717, 1.165) is 0 Å². The molecule has 0 aliphatic carbocycles. The highest BCUT2D eigenvalue weighted by molar-refractivity contribution is 5.88. The molecule has 1 aromatic rings. The summed E-state index contributed by atoms with van der Waals surface area (Å²) in [5.74, 6) is 0. The maximum absolute atomic E-state index is 11.2. The summed E-state index contributed by atoms with van der Waals surface area (Å²) in [7, 11) is 0. The highest BCUT2D eigenvalue weighted by Crippen LogP contribution is 2.13. The van der Waals surface area contributed by atoms with E-state index in [1.165, 1.54) is 12.4 Å². The van der Waals surface area contributed by atoms with Crippen molar-refractivity contribution in [3.8, 4) is 0 Å². The van der Waals surface area contributed by atoms with Crippen molar-refractivity contribution in [3.63, 3.8) is 0 Å². The third-order valence-electron chi connectivity index (χ3n) is 1.78. The Morgan fingerprint density at radius 2 is 1.50 bits per heavy atom. The quantitative estimate of drug-likeness (QED) is 0.858. The van der Waals surface area contributed by atoms with Gasteiger partial charge in [0.05, 0.1) is 37.0 Å². The Balaban J connectivity index is 2.61. The van der Waals surface area contributed by atoms with Crippen LogP contribution >= 0.6 is 0 Å². The van der Waals surface area contributed by atoms with Gasteiger partial charge in [-0.15, -0.1) is 0 Å². The van der Waals surface area contributed by atoms with E-state index in [2.05, 4.69) is 15.6 Å². The third-order valence-corrected chi connectivity index (χ3v) is 1.78. The zero-order chi connectivity index (χ0) is 13.4. The molecule has 0 aromatic carbocycles. The zero-order valence-electron chi connectivity index (χ0n) is 10.2. The summed E-state index contributed by atoms with van der Waals surface area (Å²) in [5.41, 5.74) is 0.838. The van der Waals surface area contributed by atoms with Crippen molar-refractivity contribution in [2.75, 3.05) is 23.8 Å². The standard InChI is InChI=1S/C11H15N3O4/c1-3-17-10(15)13-8-5-9(7-12-6-8)14-11(16)18-4-2/h5-7H,3-4H2,1-2H3,(H,13,15)(H,14,16). The molecule has 1 aromatic heterocycles. The molecule has 18 heavy (non-hydrogen) atoms. The van der Waals surface area contributed by atoms with E-state index in [1.54, 1.807) is 19.9 Å². The van der Waals surface area contributed by atoms with Crippen LogP contribution < -0.4 is 10.6 Å². The van der Waals surface area contributed by atoms with Crippen molar-refractivity contribution in [1.82, 2.24) is 4.98 Å². The molecule has 98 valence electrons. The lowest BCUT2D eigenvalue weighted by molar-refractivity contribution is 0.167. The molecule has 1 heterocycles. The zero-order valence-corrected chi connectivity index (χ0v) is 10.2. The van der Waals surface area contributed by atoms with E-state index in [0.29, 0.717) is 11.4 Å². The van der Waals surface area contributed by atoms with Gasteiger partial charge in [-0.25, -0.2) is 9.59 Å². The number of pyridine rings is 1. The summed E-state index contributed by atoms with van der Waals surface area (Å²) in [6, 6.07) is 1.54. The molecular formula is C11H15N3O4. The summed E-state index contributed by atoms with van der Waals surface area (Å²) in [6.45, 7) is 3.97. The molecule has 0 aliphatic rings. The van der Waals surface area contributed by atoms with E-state index in [-0.39, 0.29) is 13.2 Å². The Labute approximate surface area is 104 Å². The molecule has 2 amide bonds. The number of hydrogen-bond acceptors (Lipinski definition) is 5. The Kier molecular flexibility index (Phi) is 5.43. The van der Waals surface area contributed by atoms with Crippen LogP contribution in [0.25, 0.3) is 0 Å². The molecule has 0 spiro atoms. The topological polar surface area (TPSA) is 89.5 Å². The molecule has 0 aliphatic heterocycles. The van der Waals surface area contributed by atoms with Crippen LogP contribution in [-0.4, -0.2) is 30.4 Å². The van der Waals surface area contributed by atoms with Gasteiger partial charge in [0, 0.05) is 0 Å². The number of rotatable bonds is 4. The van der Waals surface area contributed by atoms with Crippen LogP contribution in [0.5, 0.6) is 0 Å². The molecule has 7 nitrogen and oxygen atoms in total. The van der Waals surface area contributed by atoms with Crippen LogP contribution in [0, 0.1) is 0 Å².